The number of hydrogen-bond donors (Lipinski definition) is 1. The lowest BCUT2D eigenvalue weighted by Crippen LogP contribution is -2.19. The zero-order valence-electron chi connectivity index (χ0n) is 10.7. The zero-order chi connectivity index (χ0) is 14.8. The Hall–Kier alpha value is -1.85. The third kappa shape index (κ3) is 6.92. The van der Waals surface area contributed by atoms with Gasteiger partial charge in [-0.05, 0) is 5.56 Å². The summed E-state index contributed by atoms with van der Waals surface area (Å²) in [6.45, 7) is -0.0875. The number of alkyl halides is 1. The van der Waals surface area contributed by atoms with Crippen LogP contribution in [0.1, 0.15) is 5.56 Å². The Bertz CT molecular complexity index is 458. The first kappa shape index (κ1) is 16.2. The number of aliphatic hydroxyl groups excluding tert-OH is 1. The van der Waals surface area contributed by atoms with E-state index in [0.717, 1.165) is 17.7 Å². The van der Waals surface area contributed by atoms with Crippen LogP contribution < -0.4 is 0 Å². The minimum atomic E-state index is -0.918. The molecular formula is C14H15ClO5. The van der Waals surface area contributed by atoms with E-state index in [4.69, 9.17) is 21.4 Å². The topological polar surface area (TPSA) is 72.8 Å². The number of carbonyl (C=O) groups is 2. The van der Waals surface area contributed by atoms with Crippen LogP contribution in [-0.2, 0) is 25.7 Å². The molecule has 1 N–H and O–H groups in total. The summed E-state index contributed by atoms with van der Waals surface area (Å²) in [6, 6.07) is 9.16. The highest BCUT2D eigenvalue weighted by molar-refractivity contribution is 6.18. The van der Waals surface area contributed by atoms with Crippen LogP contribution in [-0.4, -0.2) is 35.6 Å². The third-order valence-electron chi connectivity index (χ3n) is 2.18. The molecule has 0 aliphatic rings. The van der Waals surface area contributed by atoms with Gasteiger partial charge in [-0.15, -0.1) is 11.6 Å². The molecule has 0 aliphatic heterocycles. The van der Waals surface area contributed by atoms with Crippen LogP contribution in [0, 0.1) is 0 Å². The second-order valence-corrected chi connectivity index (χ2v) is 4.17. The molecule has 5 nitrogen and oxygen atoms in total. The second-order valence-electron chi connectivity index (χ2n) is 3.86. The average Bonchev–Trinajstić information content (AvgIpc) is 2.49. The summed E-state index contributed by atoms with van der Waals surface area (Å²) < 4.78 is 9.56. The van der Waals surface area contributed by atoms with Gasteiger partial charge < -0.3 is 14.6 Å². The van der Waals surface area contributed by atoms with Gasteiger partial charge in [0.15, 0.2) is 0 Å². The van der Waals surface area contributed by atoms with E-state index in [2.05, 4.69) is 4.74 Å². The lowest BCUT2D eigenvalue weighted by atomic mass is 10.2. The molecule has 0 spiro atoms. The third-order valence-corrected chi connectivity index (χ3v) is 2.53. The Morgan fingerprint density at radius 1 is 1.15 bits per heavy atom. The lowest BCUT2D eigenvalue weighted by molar-refractivity contribution is -0.142. The number of hydrogen-bond acceptors (Lipinski definition) is 5. The minimum absolute atomic E-state index is 0.0316. The first-order valence-electron chi connectivity index (χ1n) is 5.91. The van der Waals surface area contributed by atoms with Crippen LogP contribution in [0.3, 0.4) is 0 Å². The molecule has 0 aromatic heterocycles. The molecule has 1 aromatic rings. The number of carbonyl (C=O) groups excluding carboxylic acids is 2. The molecule has 0 radical (unpaired) electrons. The van der Waals surface area contributed by atoms with Crippen molar-refractivity contribution in [1.82, 2.24) is 0 Å². The van der Waals surface area contributed by atoms with E-state index in [-0.39, 0.29) is 19.1 Å². The Balaban J connectivity index is 2.27. The smallest absolute Gasteiger partial charge is 0.331 e. The van der Waals surface area contributed by atoms with Gasteiger partial charge in [0.2, 0.25) is 0 Å². The molecule has 0 aliphatic carbocycles. The van der Waals surface area contributed by atoms with E-state index >= 15 is 0 Å². The highest BCUT2D eigenvalue weighted by atomic mass is 35.5. The molecule has 0 fully saturated rings. The Labute approximate surface area is 121 Å². The molecule has 1 rings (SSSR count). The predicted molar refractivity (Wildman–Crippen MR) is 73.1 cm³/mol. The maximum Gasteiger partial charge on any atom is 0.331 e. The SMILES string of the molecule is O=C(/C=C/C(=O)OCC(O)CCl)OCc1ccccc1. The highest BCUT2D eigenvalue weighted by Gasteiger charge is 2.06. The molecule has 1 aromatic carbocycles. The van der Waals surface area contributed by atoms with Crippen LogP contribution in [0.2, 0.25) is 0 Å². The average molecular weight is 299 g/mol. The molecule has 0 bridgehead atoms. The fourth-order valence-electron chi connectivity index (χ4n) is 1.18. The van der Waals surface area contributed by atoms with Gasteiger partial charge in [-0.3, -0.25) is 0 Å². The van der Waals surface area contributed by atoms with Crippen LogP contribution >= 0.6 is 11.6 Å². The summed E-state index contributed by atoms with van der Waals surface area (Å²) in [5, 5.41) is 9.07. The number of ether oxygens (including phenoxy) is 2. The first-order valence-corrected chi connectivity index (χ1v) is 6.45. The number of halogens is 1. The van der Waals surface area contributed by atoms with Gasteiger partial charge in [-0.2, -0.15) is 0 Å². The Morgan fingerprint density at radius 2 is 1.75 bits per heavy atom. The molecule has 1 unspecified atom stereocenters. The van der Waals surface area contributed by atoms with Crippen LogP contribution in [0.25, 0.3) is 0 Å². The van der Waals surface area contributed by atoms with E-state index in [9.17, 15) is 9.59 Å². The Morgan fingerprint density at radius 3 is 2.35 bits per heavy atom. The number of aliphatic hydroxyl groups is 1. The van der Waals surface area contributed by atoms with Crippen molar-refractivity contribution in [1.29, 1.82) is 0 Å². The van der Waals surface area contributed by atoms with Crippen molar-refractivity contribution >= 4 is 23.5 Å². The largest absolute Gasteiger partial charge is 0.460 e. The molecule has 1 atom stereocenters. The van der Waals surface area contributed by atoms with Crippen LogP contribution in [0.15, 0.2) is 42.5 Å². The van der Waals surface area contributed by atoms with Crippen molar-refractivity contribution in [2.75, 3.05) is 12.5 Å². The normalized spacial score (nSPS) is 12.1. The lowest BCUT2D eigenvalue weighted by Gasteiger charge is -2.05. The molecule has 0 heterocycles. The zero-order valence-corrected chi connectivity index (χ0v) is 11.5. The maximum atomic E-state index is 11.3. The van der Waals surface area contributed by atoms with Gasteiger partial charge in [0, 0.05) is 12.2 Å². The van der Waals surface area contributed by atoms with Gasteiger partial charge in [0.05, 0.1) is 5.88 Å². The predicted octanol–water partition coefficient (Wildman–Crippen LogP) is 1.43. The van der Waals surface area contributed by atoms with Gasteiger partial charge in [0.25, 0.3) is 0 Å². The van der Waals surface area contributed by atoms with Crippen molar-refractivity contribution in [3.63, 3.8) is 0 Å². The molecule has 20 heavy (non-hydrogen) atoms. The van der Waals surface area contributed by atoms with Crippen molar-refractivity contribution in [2.24, 2.45) is 0 Å². The Kier molecular flexibility index (Phi) is 7.39. The van der Waals surface area contributed by atoms with Crippen molar-refractivity contribution < 1.29 is 24.2 Å². The molecular weight excluding hydrogens is 284 g/mol. The molecule has 0 saturated heterocycles. The summed E-state index contributed by atoms with van der Waals surface area (Å²) in [5.74, 6) is -1.43. The summed E-state index contributed by atoms with van der Waals surface area (Å²) in [6.07, 6.45) is 0.992. The first-order chi connectivity index (χ1) is 9.61. The summed E-state index contributed by atoms with van der Waals surface area (Å²) >= 11 is 5.33. The van der Waals surface area contributed by atoms with E-state index in [1.807, 2.05) is 30.3 Å². The quantitative estimate of drug-likeness (QED) is 0.468. The molecule has 6 heteroatoms. The second kappa shape index (κ2) is 9.12. The maximum absolute atomic E-state index is 11.3. The van der Waals surface area contributed by atoms with Gasteiger partial charge in [-0.25, -0.2) is 9.59 Å². The fraction of sp³-hybridized carbons (Fsp3) is 0.286. The van der Waals surface area contributed by atoms with Crippen molar-refractivity contribution in [3.05, 3.63) is 48.0 Å². The van der Waals surface area contributed by atoms with Gasteiger partial charge >= 0.3 is 11.9 Å². The van der Waals surface area contributed by atoms with E-state index in [1.54, 1.807) is 0 Å². The molecule has 108 valence electrons. The summed E-state index contributed by atoms with van der Waals surface area (Å²) in [7, 11) is 0. The van der Waals surface area contributed by atoms with Gasteiger partial charge in [-0.1, -0.05) is 30.3 Å². The van der Waals surface area contributed by atoms with E-state index in [0.29, 0.717) is 0 Å². The van der Waals surface area contributed by atoms with Crippen LogP contribution in [0.4, 0.5) is 0 Å². The molecule has 0 amide bonds. The molecule has 0 saturated carbocycles. The summed E-state index contributed by atoms with van der Waals surface area (Å²) in [5.41, 5.74) is 0.849. The van der Waals surface area contributed by atoms with Gasteiger partial charge in [0.1, 0.15) is 19.3 Å². The minimum Gasteiger partial charge on any atom is -0.460 e. The number of rotatable bonds is 7. The van der Waals surface area contributed by atoms with E-state index in [1.165, 1.54) is 0 Å². The van der Waals surface area contributed by atoms with E-state index < -0.39 is 18.0 Å². The van der Waals surface area contributed by atoms with Crippen molar-refractivity contribution in [3.8, 4) is 0 Å². The number of esters is 2. The highest BCUT2D eigenvalue weighted by Crippen LogP contribution is 2.01. The fourth-order valence-corrected chi connectivity index (χ4v) is 1.27. The number of benzene rings is 1. The summed E-state index contributed by atoms with van der Waals surface area (Å²) in [4.78, 5) is 22.5. The van der Waals surface area contributed by atoms with Crippen LogP contribution in [0.5, 0.6) is 0 Å². The monoisotopic (exact) mass is 298 g/mol. The van der Waals surface area contributed by atoms with Crippen molar-refractivity contribution in [2.45, 2.75) is 12.7 Å². The standard InChI is InChI=1S/C14H15ClO5/c15-8-12(16)10-20-14(18)7-6-13(17)19-9-11-4-2-1-3-5-11/h1-7,12,16H,8-10H2/b7-6+.